The van der Waals surface area contributed by atoms with Crippen LogP contribution in [0.25, 0.3) is 0 Å². The minimum Gasteiger partial charge on any atom is -0.319 e. The maximum absolute atomic E-state index is 3.31. The Morgan fingerprint density at radius 2 is 1.87 bits per heavy atom. The van der Waals surface area contributed by atoms with E-state index in [1.54, 1.807) is 0 Å². The van der Waals surface area contributed by atoms with Crippen LogP contribution in [0.3, 0.4) is 0 Å². The van der Waals surface area contributed by atoms with Gasteiger partial charge in [0.15, 0.2) is 0 Å². The quantitative estimate of drug-likeness (QED) is 0.738. The van der Waals surface area contributed by atoms with E-state index in [9.17, 15) is 0 Å². The van der Waals surface area contributed by atoms with Gasteiger partial charge in [-0.15, -0.1) is 0 Å². The van der Waals surface area contributed by atoms with Gasteiger partial charge in [-0.25, -0.2) is 0 Å². The highest BCUT2D eigenvalue weighted by Crippen LogP contribution is 2.23. The Labute approximate surface area is 93.8 Å². The molecule has 0 aromatic carbocycles. The highest BCUT2D eigenvalue weighted by atomic mass is 15.2. The van der Waals surface area contributed by atoms with E-state index in [1.807, 2.05) is 0 Å². The summed E-state index contributed by atoms with van der Waals surface area (Å²) in [5.41, 5.74) is 0. The van der Waals surface area contributed by atoms with Crippen LogP contribution in [-0.2, 0) is 0 Å². The second-order valence-electron chi connectivity index (χ2n) is 5.24. The van der Waals surface area contributed by atoms with E-state index in [1.165, 1.54) is 52.0 Å². The Morgan fingerprint density at radius 3 is 2.53 bits per heavy atom. The molecule has 2 saturated heterocycles. The third-order valence-electron chi connectivity index (χ3n) is 4.01. The average Bonchev–Trinajstić information content (AvgIpc) is 2.68. The number of hydrogen-bond donors (Lipinski definition) is 1. The molecule has 0 bridgehead atoms. The number of nitrogens with one attached hydrogen (secondary N) is 1. The van der Waals surface area contributed by atoms with Crippen LogP contribution in [-0.4, -0.2) is 62.7 Å². The molecule has 0 aromatic heterocycles. The molecule has 1 N–H and O–H groups in total. The zero-order valence-corrected chi connectivity index (χ0v) is 10.2. The van der Waals surface area contributed by atoms with Gasteiger partial charge in [0.05, 0.1) is 0 Å². The lowest BCUT2D eigenvalue weighted by atomic mass is 10.0. The predicted molar refractivity (Wildman–Crippen MR) is 64.1 cm³/mol. The molecule has 2 aliphatic rings. The van der Waals surface area contributed by atoms with Crippen molar-refractivity contribution in [3.63, 3.8) is 0 Å². The van der Waals surface area contributed by atoms with Gasteiger partial charge < -0.3 is 10.2 Å². The second-order valence-corrected chi connectivity index (χ2v) is 5.24. The molecule has 1 unspecified atom stereocenters. The SMILES string of the molecule is CNCC1CCN(C2CCN(C)CC2)C1. The smallest absolute Gasteiger partial charge is 0.0120 e. The van der Waals surface area contributed by atoms with Gasteiger partial charge in [-0.05, 0) is 65.5 Å². The number of rotatable bonds is 3. The molecule has 0 aliphatic carbocycles. The molecule has 88 valence electrons. The first-order valence-electron chi connectivity index (χ1n) is 6.37. The zero-order chi connectivity index (χ0) is 10.7. The molecule has 2 fully saturated rings. The molecule has 2 aliphatic heterocycles. The first-order chi connectivity index (χ1) is 7.29. The summed E-state index contributed by atoms with van der Waals surface area (Å²) in [7, 11) is 4.31. The van der Waals surface area contributed by atoms with E-state index in [-0.39, 0.29) is 0 Å². The van der Waals surface area contributed by atoms with Crippen LogP contribution in [0, 0.1) is 5.92 Å². The van der Waals surface area contributed by atoms with Gasteiger partial charge in [0.1, 0.15) is 0 Å². The Balaban J connectivity index is 1.75. The normalized spacial score (nSPS) is 31.2. The largest absolute Gasteiger partial charge is 0.319 e. The molecule has 3 nitrogen and oxygen atoms in total. The molecule has 3 heteroatoms. The summed E-state index contributed by atoms with van der Waals surface area (Å²) < 4.78 is 0. The van der Waals surface area contributed by atoms with Crippen LogP contribution in [0.2, 0.25) is 0 Å². The molecule has 1 atom stereocenters. The minimum absolute atomic E-state index is 0.878. The average molecular weight is 211 g/mol. The summed E-state index contributed by atoms with van der Waals surface area (Å²) in [6.07, 6.45) is 4.15. The van der Waals surface area contributed by atoms with Gasteiger partial charge in [-0.1, -0.05) is 0 Å². The number of likely N-dealkylation sites (tertiary alicyclic amines) is 2. The van der Waals surface area contributed by atoms with E-state index in [2.05, 4.69) is 29.2 Å². The van der Waals surface area contributed by atoms with E-state index < -0.39 is 0 Å². The first kappa shape index (κ1) is 11.4. The van der Waals surface area contributed by atoms with E-state index >= 15 is 0 Å². The molecule has 0 saturated carbocycles. The predicted octanol–water partition coefficient (Wildman–Crippen LogP) is 0.622. The molecule has 2 heterocycles. The Bertz CT molecular complexity index is 187. The van der Waals surface area contributed by atoms with Crippen molar-refractivity contribution in [1.82, 2.24) is 15.1 Å². The lowest BCUT2D eigenvalue weighted by Gasteiger charge is -2.35. The van der Waals surface area contributed by atoms with Crippen molar-refractivity contribution in [2.45, 2.75) is 25.3 Å². The first-order valence-corrected chi connectivity index (χ1v) is 6.37. The number of piperidine rings is 1. The monoisotopic (exact) mass is 211 g/mol. The highest BCUT2D eigenvalue weighted by molar-refractivity contribution is 4.85. The summed E-state index contributed by atoms with van der Waals surface area (Å²) >= 11 is 0. The van der Waals surface area contributed by atoms with Gasteiger partial charge in [-0.3, -0.25) is 4.90 Å². The molecule has 0 spiro atoms. The lowest BCUT2D eigenvalue weighted by Crippen LogP contribution is -2.42. The third-order valence-corrected chi connectivity index (χ3v) is 4.01. The highest BCUT2D eigenvalue weighted by Gasteiger charge is 2.29. The van der Waals surface area contributed by atoms with Gasteiger partial charge in [0.2, 0.25) is 0 Å². The van der Waals surface area contributed by atoms with E-state index in [0.717, 1.165) is 12.0 Å². The fraction of sp³-hybridized carbons (Fsp3) is 1.00. The Hall–Kier alpha value is -0.120. The van der Waals surface area contributed by atoms with Gasteiger partial charge in [-0.2, -0.15) is 0 Å². The Kier molecular flexibility index (Phi) is 4.00. The van der Waals surface area contributed by atoms with Crippen LogP contribution in [0.1, 0.15) is 19.3 Å². The van der Waals surface area contributed by atoms with Crippen molar-refractivity contribution in [2.75, 3.05) is 46.8 Å². The van der Waals surface area contributed by atoms with Crippen molar-refractivity contribution < 1.29 is 0 Å². The molecular formula is C12H25N3. The van der Waals surface area contributed by atoms with Crippen LogP contribution in [0.5, 0.6) is 0 Å². The van der Waals surface area contributed by atoms with Crippen LogP contribution >= 0.6 is 0 Å². The van der Waals surface area contributed by atoms with Crippen LogP contribution in [0.4, 0.5) is 0 Å². The summed E-state index contributed by atoms with van der Waals surface area (Å²) in [6, 6.07) is 0.878. The summed E-state index contributed by atoms with van der Waals surface area (Å²) in [5, 5.41) is 3.31. The van der Waals surface area contributed by atoms with Crippen molar-refractivity contribution in [3.8, 4) is 0 Å². The zero-order valence-electron chi connectivity index (χ0n) is 10.2. The van der Waals surface area contributed by atoms with Crippen molar-refractivity contribution in [2.24, 2.45) is 5.92 Å². The summed E-state index contributed by atoms with van der Waals surface area (Å²) in [6.45, 7) is 6.44. The fourth-order valence-electron chi connectivity index (χ4n) is 3.01. The molecular weight excluding hydrogens is 186 g/mol. The molecule has 0 amide bonds. The molecule has 15 heavy (non-hydrogen) atoms. The number of hydrogen-bond acceptors (Lipinski definition) is 3. The maximum atomic E-state index is 3.31. The lowest BCUT2D eigenvalue weighted by molar-refractivity contribution is 0.140. The molecule has 2 rings (SSSR count). The van der Waals surface area contributed by atoms with Crippen LogP contribution < -0.4 is 5.32 Å². The van der Waals surface area contributed by atoms with Crippen molar-refractivity contribution in [3.05, 3.63) is 0 Å². The maximum Gasteiger partial charge on any atom is 0.0120 e. The molecule has 0 aromatic rings. The standard InChI is InChI=1S/C12H25N3/c1-13-9-11-3-8-15(10-11)12-4-6-14(2)7-5-12/h11-13H,3-10H2,1-2H3. The summed E-state index contributed by atoms with van der Waals surface area (Å²) in [4.78, 5) is 5.19. The third kappa shape index (κ3) is 2.92. The fourth-order valence-corrected chi connectivity index (χ4v) is 3.01. The van der Waals surface area contributed by atoms with Gasteiger partial charge in [0.25, 0.3) is 0 Å². The molecule has 0 radical (unpaired) electrons. The Morgan fingerprint density at radius 1 is 1.13 bits per heavy atom. The van der Waals surface area contributed by atoms with Crippen molar-refractivity contribution in [1.29, 1.82) is 0 Å². The van der Waals surface area contributed by atoms with E-state index in [4.69, 9.17) is 0 Å². The minimum atomic E-state index is 0.878. The topological polar surface area (TPSA) is 18.5 Å². The number of nitrogens with zero attached hydrogens (tertiary/aromatic N) is 2. The second kappa shape index (κ2) is 5.28. The van der Waals surface area contributed by atoms with Gasteiger partial charge in [0, 0.05) is 12.6 Å². The van der Waals surface area contributed by atoms with Gasteiger partial charge >= 0.3 is 0 Å². The van der Waals surface area contributed by atoms with Crippen LogP contribution in [0.15, 0.2) is 0 Å². The summed E-state index contributed by atoms with van der Waals surface area (Å²) in [5.74, 6) is 0.898. The van der Waals surface area contributed by atoms with Crippen molar-refractivity contribution >= 4 is 0 Å². The van der Waals surface area contributed by atoms with E-state index in [0.29, 0.717) is 0 Å².